The molecule has 0 spiro atoms. The maximum absolute atomic E-state index is 12.0. The molecule has 3 rings (SSSR count). The van der Waals surface area contributed by atoms with Crippen LogP contribution in [0.25, 0.3) is 0 Å². The van der Waals surface area contributed by atoms with Crippen molar-refractivity contribution in [1.29, 1.82) is 0 Å². The van der Waals surface area contributed by atoms with E-state index in [1.807, 2.05) is 11.0 Å². The van der Waals surface area contributed by atoms with Crippen molar-refractivity contribution >= 4 is 5.91 Å². The van der Waals surface area contributed by atoms with E-state index in [0.29, 0.717) is 6.04 Å². The van der Waals surface area contributed by atoms with Gasteiger partial charge in [-0.25, -0.2) is 0 Å². The summed E-state index contributed by atoms with van der Waals surface area (Å²) in [5.74, 6) is 0.192. The summed E-state index contributed by atoms with van der Waals surface area (Å²) < 4.78 is 0. The van der Waals surface area contributed by atoms with Crippen molar-refractivity contribution in [2.24, 2.45) is 0 Å². The quantitative estimate of drug-likeness (QED) is 0.836. The second-order valence-corrected chi connectivity index (χ2v) is 6.67. The van der Waals surface area contributed by atoms with Gasteiger partial charge in [0.05, 0.1) is 6.04 Å². The molecule has 2 aliphatic heterocycles. The largest absolute Gasteiger partial charge is 0.333 e. The van der Waals surface area contributed by atoms with Crippen molar-refractivity contribution in [2.45, 2.75) is 31.8 Å². The van der Waals surface area contributed by atoms with E-state index < -0.39 is 0 Å². The highest BCUT2D eigenvalue weighted by Gasteiger charge is 2.33. The molecule has 2 fully saturated rings. The zero-order valence-corrected chi connectivity index (χ0v) is 13.7. The summed E-state index contributed by atoms with van der Waals surface area (Å²) in [4.78, 5) is 19.1. The third-order valence-electron chi connectivity index (χ3n) is 5.21. The second-order valence-electron chi connectivity index (χ2n) is 6.67. The minimum absolute atomic E-state index is 0.192. The molecule has 2 aliphatic rings. The van der Waals surface area contributed by atoms with Gasteiger partial charge in [-0.2, -0.15) is 0 Å². The number of hydrogen-bond donors (Lipinski definition) is 0. The number of piperazine rings is 1. The number of amides is 1. The first-order chi connectivity index (χ1) is 10.6. The van der Waals surface area contributed by atoms with Gasteiger partial charge >= 0.3 is 0 Å². The van der Waals surface area contributed by atoms with Crippen LogP contribution in [-0.4, -0.2) is 66.4 Å². The molecule has 1 aromatic rings. The third-order valence-corrected chi connectivity index (χ3v) is 5.21. The lowest BCUT2D eigenvalue weighted by Crippen LogP contribution is -2.55. The van der Waals surface area contributed by atoms with Crippen molar-refractivity contribution in [3.63, 3.8) is 0 Å². The van der Waals surface area contributed by atoms with Gasteiger partial charge in [0.1, 0.15) is 0 Å². The Kier molecular flexibility index (Phi) is 4.79. The lowest BCUT2D eigenvalue weighted by atomic mass is 9.97. The Labute approximate surface area is 133 Å². The van der Waals surface area contributed by atoms with Gasteiger partial charge in [-0.3, -0.25) is 9.69 Å². The normalized spacial score (nSPS) is 25.4. The number of carbonyl (C=O) groups excluding carboxylic acids is 1. The zero-order valence-electron chi connectivity index (χ0n) is 13.7. The standard InChI is InChI=1S/C18H27N3O/c1-15(22)21-13-12-20(17-8-10-19(2)11-9-17)14-18(21)16-6-4-3-5-7-16/h3-7,17-18H,8-14H2,1-2H3/t18-/m1/s1. The van der Waals surface area contributed by atoms with E-state index in [0.717, 1.165) is 19.6 Å². The Balaban J connectivity index is 1.74. The molecule has 1 aromatic carbocycles. The Morgan fingerprint density at radius 3 is 2.36 bits per heavy atom. The van der Waals surface area contributed by atoms with E-state index in [-0.39, 0.29) is 11.9 Å². The Morgan fingerprint density at radius 2 is 1.73 bits per heavy atom. The van der Waals surface area contributed by atoms with Gasteiger partial charge in [0.25, 0.3) is 0 Å². The molecule has 2 saturated heterocycles. The van der Waals surface area contributed by atoms with Crippen LogP contribution in [0.4, 0.5) is 0 Å². The first-order valence-electron chi connectivity index (χ1n) is 8.40. The second kappa shape index (κ2) is 6.80. The van der Waals surface area contributed by atoms with Crippen molar-refractivity contribution in [3.8, 4) is 0 Å². The highest BCUT2D eigenvalue weighted by atomic mass is 16.2. The highest BCUT2D eigenvalue weighted by molar-refractivity contribution is 5.74. The van der Waals surface area contributed by atoms with Crippen molar-refractivity contribution in [3.05, 3.63) is 35.9 Å². The molecule has 0 saturated carbocycles. The van der Waals surface area contributed by atoms with Gasteiger partial charge in [-0.1, -0.05) is 30.3 Å². The average Bonchev–Trinajstić information content (AvgIpc) is 2.56. The first kappa shape index (κ1) is 15.5. The van der Waals surface area contributed by atoms with Crippen LogP contribution >= 0.6 is 0 Å². The molecule has 22 heavy (non-hydrogen) atoms. The van der Waals surface area contributed by atoms with Crippen LogP contribution in [0, 0.1) is 0 Å². The SMILES string of the molecule is CC(=O)N1CCN(C2CCN(C)CC2)C[C@@H]1c1ccccc1. The van der Waals surface area contributed by atoms with Crippen LogP contribution < -0.4 is 0 Å². The number of nitrogens with zero attached hydrogens (tertiary/aromatic N) is 3. The van der Waals surface area contributed by atoms with E-state index in [1.54, 1.807) is 6.92 Å². The molecule has 1 amide bonds. The van der Waals surface area contributed by atoms with E-state index in [4.69, 9.17) is 0 Å². The predicted octanol–water partition coefficient (Wildman–Crippen LogP) is 1.99. The number of hydrogen-bond acceptors (Lipinski definition) is 3. The lowest BCUT2D eigenvalue weighted by Gasteiger charge is -2.46. The minimum Gasteiger partial charge on any atom is -0.333 e. The van der Waals surface area contributed by atoms with Crippen LogP contribution in [0.2, 0.25) is 0 Å². The van der Waals surface area contributed by atoms with Gasteiger partial charge < -0.3 is 9.80 Å². The molecule has 0 aromatic heterocycles. The summed E-state index contributed by atoms with van der Waals surface area (Å²) in [6.07, 6.45) is 2.50. The van der Waals surface area contributed by atoms with Crippen LogP contribution in [0.3, 0.4) is 0 Å². The first-order valence-corrected chi connectivity index (χ1v) is 8.40. The van der Waals surface area contributed by atoms with Gasteiger partial charge in [-0.15, -0.1) is 0 Å². The summed E-state index contributed by atoms with van der Waals surface area (Å²) in [7, 11) is 2.21. The predicted molar refractivity (Wildman–Crippen MR) is 88.7 cm³/mol. The minimum atomic E-state index is 0.192. The highest BCUT2D eigenvalue weighted by Crippen LogP contribution is 2.28. The Hall–Kier alpha value is -1.39. The molecule has 4 heteroatoms. The Morgan fingerprint density at radius 1 is 1.05 bits per heavy atom. The van der Waals surface area contributed by atoms with Gasteiger partial charge in [0.2, 0.25) is 5.91 Å². The van der Waals surface area contributed by atoms with E-state index in [1.165, 1.54) is 31.5 Å². The third kappa shape index (κ3) is 3.33. The molecule has 0 unspecified atom stereocenters. The summed E-state index contributed by atoms with van der Waals surface area (Å²) in [5.41, 5.74) is 1.26. The molecular formula is C18H27N3O. The van der Waals surface area contributed by atoms with Crippen LogP contribution in [0.1, 0.15) is 31.4 Å². The fraction of sp³-hybridized carbons (Fsp3) is 0.611. The van der Waals surface area contributed by atoms with E-state index in [9.17, 15) is 4.79 Å². The van der Waals surface area contributed by atoms with Crippen molar-refractivity contribution in [1.82, 2.24) is 14.7 Å². The van der Waals surface area contributed by atoms with Gasteiger partial charge in [-0.05, 0) is 38.5 Å². The topological polar surface area (TPSA) is 26.8 Å². The number of rotatable bonds is 2. The zero-order chi connectivity index (χ0) is 15.5. The molecular weight excluding hydrogens is 274 g/mol. The molecule has 0 N–H and O–H groups in total. The molecule has 0 aliphatic carbocycles. The van der Waals surface area contributed by atoms with Crippen LogP contribution in [0.5, 0.6) is 0 Å². The monoisotopic (exact) mass is 301 g/mol. The summed E-state index contributed by atoms with van der Waals surface area (Å²) in [5, 5.41) is 0. The van der Waals surface area contributed by atoms with Crippen molar-refractivity contribution < 1.29 is 4.79 Å². The number of carbonyl (C=O) groups is 1. The molecule has 0 radical (unpaired) electrons. The maximum Gasteiger partial charge on any atom is 0.220 e. The summed E-state index contributed by atoms with van der Waals surface area (Å²) in [6.45, 7) is 6.90. The fourth-order valence-electron chi connectivity index (χ4n) is 3.83. The molecule has 1 atom stereocenters. The number of likely N-dealkylation sites (tertiary alicyclic amines) is 1. The van der Waals surface area contributed by atoms with Crippen molar-refractivity contribution in [2.75, 3.05) is 39.8 Å². The molecule has 120 valence electrons. The average molecular weight is 301 g/mol. The smallest absolute Gasteiger partial charge is 0.220 e. The number of piperidine rings is 1. The summed E-state index contributed by atoms with van der Waals surface area (Å²) in [6, 6.07) is 11.4. The van der Waals surface area contributed by atoms with E-state index >= 15 is 0 Å². The lowest BCUT2D eigenvalue weighted by molar-refractivity contribution is -0.134. The summed E-state index contributed by atoms with van der Waals surface area (Å²) >= 11 is 0. The van der Waals surface area contributed by atoms with Gasteiger partial charge in [0, 0.05) is 32.6 Å². The van der Waals surface area contributed by atoms with Crippen LogP contribution in [-0.2, 0) is 4.79 Å². The fourth-order valence-corrected chi connectivity index (χ4v) is 3.83. The Bertz CT molecular complexity index is 496. The van der Waals surface area contributed by atoms with Gasteiger partial charge in [0.15, 0.2) is 0 Å². The molecule has 4 nitrogen and oxygen atoms in total. The van der Waals surface area contributed by atoms with E-state index in [2.05, 4.69) is 41.1 Å². The molecule has 0 bridgehead atoms. The maximum atomic E-state index is 12.0. The molecule has 2 heterocycles. The van der Waals surface area contributed by atoms with Crippen LogP contribution in [0.15, 0.2) is 30.3 Å². The number of benzene rings is 1.